The normalized spacial score (nSPS) is 16.8. The number of rotatable bonds is 9. The zero-order valence-corrected chi connectivity index (χ0v) is 19.2. The molecule has 8 heteroatoms. The van der Waals surface area contributed by atoms with Gasteiger partial charge in [-0.15, -0.1) is 0 Å². The van der Waals surface area contributed by atoms with Gasteiger partial charge >= 0.3 is 5.97 Å². The first-order valence-corrected chi connectivity index (χ1v) is 10.9. The second kappa shape index (κ2) is 11.1. The largest absolute Gasteiger partial charge is 0.490 e. The molecule has 0 spiro atoms. The van der Waals surface area contributed by atoms with Gasteiger partial charge in [-0.1, -0.05) is 6.07 Å². The van der Waals surface area contributed by atoms with Gasteiger partial charge in [0.05, 0.1) is 18.1 Å². The fourth-order valence-electron chi connectivity index (χ4n) is 2.75. The first kappa shape index (κ1) is 23.8. The van der Waals surface area contributed by atoms with Crippen molar-refractivity contribution >= 4 is 34.9 Å². The monoisotopic (exact) mass is 434 g/mol. The van der Waals surface area contributed by atoms with E-state index in [1.807, 2.05) is 46.8 Å². The Bertz CT molecular complexity index is 833. The molecule has 30 heavy (non-hydrogen) atoms. The van der Waals surface area contributed by atoms with E-state index in [1.165, 1.54) is 11.8 Å². The van der Waals surface area contributed by atoms with Gasteiger partial charge in [0.25, 0.3) is 5.91 Å². The summed E-state index contributed by atoms with van der Waals surface area (Å²) in [6.07, 6.45) is 1.82. The van der Waals surface area contributed by atoms with Crippen LogP contribution in [0.3, 0.4) is 0 Å². The lowest BCUT2D eigenvalue weighted by Crippen LogP contribution is -2.35. The Morgan fingerprint density at radius 3 is 2.47 bits per heavy atom. The van der Waals surface area contributed by atoms with Crippen LogP contribution in [-0.4, -0.2) is 53.8 Å². The lowest BCUT2D eigenvalue weighted by Gasteiger charge is -2.20. The number of esters is 1. The number of thioether (sulfide) groups is 1. The third-order valence-corrected chi connectivity index (χ3v) is 4.94. The van der Waals surface area contributed by atoms with E-state index in [0.717, 1.165) is 10.7 Å². The van der Waals surface area contributed by atoms with Crippen LogP contribution in [0.25, 0.3) is 6.08 Å². The number of ether oxygens (including phenoxy) is 3. The van der Waals surface area contributed by atoms with E-state index in [9.17, 15) is 9.59 Å². The van der Waals surface area contributed by atoms with Crippen LogP contribution in [0.5, 0.6) is 11.5 Å². The van der Waals surface area contributed by atoms with Gasteiger partial charge in [0.1, 0.15) is 0 Å². The highest BCUT2D eigenvalue weighted by Crippen LogP contribution is 2.36. The molecule has 0 aliphatic carbocycles. The summed E-state index contributed by atoms with van der Waals surface area (Å²) < 4.78 is 16.1. The number of benzene rings is 1. The summed E-state index contributed by atoms with van der Waals surface area (Å²) in [6, 6.07) is 5.46. The van der Waals surface area contributed by atoms with E-state index in [-0.39, 0.29) is 24.6 Å². The lowest BCUT2D eigenvalue weighted by molar-refractivity contribution is -0.145. The molecule has 0 unspecified atom stereocenters. The lowest BCUT2D eigenvalue weighted by atomic mass is 10.1. The standard InChI is InChI=1S/C22H30N2O5S/c1-7-27-18-11-16(9-10-17(18)29-13-20(25)28-8-2)12-19-21(26)24(15(5)6)22(30-19)23-14(3)4/h9-12,14-15H,7-8,13H2,1-6H3/b19-12+,23-22?. The van der Waals surface area contributed by atoms with E-state index < -0.39 is 5.97 Å². The Labute approximate surface area is 182 Å². The van der Waals surface area contributed by atoms with Crippen molar-refractivity contribution < 1.29 is 23.8 Å². The molecule has 0 bridgehead atoms. The average Bonchev–Trinajstić information content (AvgIpc) is 2.96. The minimum absolute atomic E-state index is 0.0195. The van der Waals surface area contributed by atoms with Gasteiger partial charge < -0.3 is 14.2 Å². The third kappa shape index (κ3) is 6.26. The Hall–Kier alpha value is -2.48. The number of aliphatic imine (C=N–C) groups is 1. The fraction of sp³-hybridized carbons (Fsp3) is 0.500. The number of nitrogens with zero attached hydrogens (tertiary/aromatic N) is 2. The molecule has 164 valence electrons. The van der Waals surface area contributed by atoms with Crippen molar-refractivity contribution in [2.45, 2.75) is 53.6 Å². The van der Waals surface area contributed by atoms with Gasteiger partial charge in [0, 0.05) is 12.1 Å². The summed E-state index contributed by atoms with van der Waals surface area (Å²) in [5, 5.41) is 0.718. The van der Waals surface area contributed by atoms with Gasteiger partial charge in [-0.25, -0.2) is 4.79 Å². The highest BCUT2D eigenvalue weighted by molar-refractivity contribution is 8.18. The van der Waals surface area contributed by atoms with Crippen molar-refractivity contribution in [3.63, 3.8) is 0 Å². The molecule has 0 radical (unpaired) electrons. The number of carbonyl (C=O) groups is 2. The minimum atomic E-state index is -0.440. The Morgan fingerprint density at radius 1 is 1.13 bits per heavy atom. The highest BCUT2D eigenvalue weighted by atomic mass is 32.2. The van der Waals surface area contributed by atoms with Gasteiger partial charge in [0.2, 0.25) is 0 Å². The second-order valence-electron chi connectivity index (χ2n) is 7.12. The van der Waals surface area contributed by atoms with Crippen molar-refractivity contribution in [3.8, 4) is 11.5 Å². The average molecular weight is 435 g/mol. The van der Waals surface area contributed by atoms with Crippen molar-refractivity contribution in [1.82, 2.24) is 4.90 Å². The Balaban J connectivity index is 2.28. The third-order valence-electron chi connectivity index (χ3n) is 3.94. The van der Waals surface area contributed by atoms with Crippen molar-refractivity contribution in [2.75, 3.05) is 19.8 Å². The molecule has 7 nitrogen and oxygen atoms in total. The van der Waals surface area contributed by atoms with E-state index in [4.69, 9.17) is 14.2 Å². The van der Waals surface area contributed by atoms with E-state index in [1.54, 1.807) is 24.0 Å². The first-order valence-electron chi connectivity index (χ1n) is 10.1. The number of hydrogen-bond donors (Lipinski definition) is 0. The predicted octanol–water partition coefficient (Wildman–Crippen LogP) is 4.12. The molecule has 1 heterocycles. The molecule has 1 aromatic rings. The summed E-state index contributed by atoms with van der Waals surface area (Å²) in [5.41, 5.74) is 0.798. The smallest absolute Gasteiger partial charge is 0.344 e. The van der Waals surface area contributed by atoms with Crippen LogP contribution < -0.4 is 9.47 Å². The summed E-state index contributed by atoms with van der Waals surface area (Å²) in [5.74, 6) is 0.451. The molecular weight excluding hydrogens is 404 g/mol. The van der Waals surface area contributed by atoms with Crippen LogP contribution in [0.2, 0.25) is 0 Å². The predicted molar refractivity (Wildman–Crippen MR) is 120 cm³/mol. The summed E-state index contributed by atoms with van der Waals surface area (Å²) in [6.45, 7) is 12.1. The molecule has 1 aliphatic heterocycles. The van der Waals surface area contributed by atoms with Crippen molar-refractivity contribution in [1.29, 1.82) is 0 Å². The fourth-order valence-corrected chi connectivity index (χ4v) is 3.98. The van der Waals surface area contributed by atoms with Gasteiger partial charge in [-0.2, -0.15) is 0 Å². The molecule has 0 saturated carbocycles. The maximum absolute atomic E-state index is 12.9. The van der Waals surface area contributed by atoms with E-state index >= 15 is 0 Å². The van der Waals surface area contributed by atoms with Gasteiger partial charge in [0.15, 0.2) is 23.3 Å². The van der Waals surface area contributed by atoms with Crippen LogP contribution in [0.4, 0.5) is 0 Å². The second-order valence-corrected chi connectivity index (χ2v) is 8.13. The summed E-state index contributed by atoms with van der Waals surface area (Å²) in [7, 11) is 0. The van der Waals surface area contributed by atoms with Crippen LogP contribution in [0, 0.1) is 0 Å². The molecule has 1 saturated heterocycles. The molecule has 0 aromatic heterocycles. The Kier molecular flexibility index (Phi) is 8.77. The molecule has 2 rings (SSSR count). The molecule has 1 amide bonds. The topological polar surface area (TPSA) is 77.4 Å². The molecular formula is C22H30N2O5S. The molecule has 0 atom stereocenters. The Morgan fingerprint density at radius 2 is 1.87 bits per heavy atom. The highest BCUT2D eigenvalue weighted by Gasteiger charge is 2.35. The number of amidine groups is 1. The molecule has 1 aliphatic rings. The number of hydrogen-bond acceptors (Lipinski definition) is 7. The van der Waals surface area contributed by atoms with E-state index in [2.05, 4.69) is 4.99 Å². The zero-order chi connectivity index (χ0) is 22.3. The van der Waals surface area contributed by atoms with Crippen LogP contribution >= 0.6 is 11.8 Å². The van der Waals surface area contributed by atoms with Crippen molar-refractivity contribution in [3.05, 3.63) is 28.7 Å². The van der Waals surface area contributed by atoms with E-state index in [0.29, 0.717) is 29.6 Å². The number of carbonyl (C=O) groups excluding carboxylic acids is 2. The minimum Gasteiger partial charge on any atom is -0.490 e. The summed E-state index contributed by atoms with van der Waals surface area (Å²) >= 11 is 1.38. The van der Waals surface area contributed by atoms with Crippen LogP contribution in [0.1, 0.15) is 47.1 Å². The summed E-state index contributed by atoms with van der Waals surface area (Å²) in [4.78, 5) is 31.4. The first-order chi connectivity index (χ1) is 14.3. The molecule has 1 aromatic carbocycles. The number of amides is 1. The molecule has 1 fully saturated rings. The van der Waals surface area contributed by atoms with Crippen LogP contribution in [-0.2, 0) is 14.3 Å². The quantitative estimate of drug-likeness (QED) is 0.430. The maximum Gasteiger partial charge on any atom is 0.344 e. The maximum atomic E-state index is 12.9. The molecule has 0 N–H and O–H groups in total. The zero-order valence-electron chi connectivity index (χ0n) is 18.4. The SMILES string of the molecule is CCOC(=O)COc1ccc(/C=C2/SC(=NC(C)C)N(C(C)C)C2=O)cc1OCC. The van der Waals surface area contributed by atoms with Crippen LogP contribution in [0.15, 0.2) is 28.1 Å². The van der Waals surface area contributed by atoms with Crippen molar-refractivity contribution in [2.24, 2.45) is 4.99 Å². The van der Waals surface area contributed by atoms with Gasteiger partial charge in [-0.3, -0.25) is 14.7 Å². The van der Waals surface area contributed by atoms with Gasteiger partial charge in [-0.05, 0) is 77.1 Å².